The molecule has 1 fully saturated rings. The SMILES string of the molecule is CC1(C)C[C@@](C)(c2cc(N)ccc2F)NC(=S)CO1. The zero-order valence-electron chi connectivity index (χ0n) is 11.4. The number of benzene rings is 1. The molecule has 19 heavy (non-hydrogen) atoms. The molecular weight excluding hydrogens is 263 g/mol. The summed E-state index contributed by atoms with van der Waals surface area (Å²) in [4.78, 5) is 0.579. The minimum Gasteiger partial charge on any atom is -0.399 e. The molecule has 0 amide bonds. The first-order chi connectivity index (χ1) is 8.72. The second kappa shape index (κ2) is 4.72. The van der Waals surface area contributed by atoms with Gasteiger partial charge in [0, 0.05) is 17.7 Å². The Morgan fingerprint density at radius 2 is 2.05 bits per heavy atom. The van der Waals surface area contributed by atoms with Crippen molar-refractivity contribution >= 4 is 22.9 Å². The van der Waals surface area contributed by atoms with Crippen LogP contribution in [-0.4, -0.2) is 17.2 Å². The van der Waals surface area contributed by atoms with Crippen molar-refractivity contribution in [2.45, 2.75) is 38.3 Å². The van der Waals surface area contributed by atoms with Gasteiger partial charge in [-0.25, -0.2) is 4.39 Å². The van der Waals surface area contributed by atoms with Crippen LogP contribution in [0.15, 0.2) is 18.2 Å². The lowest BCUT2D eigenvalue weighted by Crippen LogP contribution is -2.45. The number of nitrogen functional groups attached to an aromatic ring is 1. The van der Waals surface area contributed by atoms with Crippen molar-refractivity contribution in [2.75, 3.05) is 12.3 Å². The molecule has 2 rings (SSSR count). The Kier molecular flexibility index (Phi) is 3.53. The Balaban J connectivity index is 2.49. The third-order valence-electron chi connectivity index (χ3n) is 3.37. The first-order valence-electron chi connectivity index (χ1n) is 6.22. The van der Waals surface area contributed by atoms with Gasteiger partial charge in [0.15, 0.2) is 0 Å². The molecule has 0 saturated carbocycles. The van der Waals surface area contributed by atoms with Crippen LogP contribution in [0.25, 0.3) is 0 Å². The van der Waals surface area contributed by atoms with Crippen LogP contribution in [0.2, 0.25) is 0 Å². The Hall–Kier alpha value is -1.20. The monoisotopic (exact) mass is 282 g/mol. The average Bonchev–Trinajstić information content (AvgIpc) is 2.39. The first-order valence-corrected chi connectivity index (χ1v) is 6.63. The van der Waals surface area contributed by atoms with Crippen molar-refractivity contribution in [1.82, 2.24) is 5.32 Å². The summed E-state index contributed by atoms with van der Waals surface area (Å²) in [5.74, 6) is -0.287. The maximum Gasteiger partial charge on any atom is 0.128 e. The fraction of sp³-hybridized carbons (Fsp3) is 0.500. The quantitative estimate of drug-likeness (QED) is 0.614. The van der Waals surface area contributed by atoms with Crippen LogP contribution in [0.4, 0.5) is 10.1 Å². The van der Waals surface area contributed by atoms with E-state index < -0.39 is 5.54 Å². The number of nitrogens with one attached hydrogen (secondary N) is 1. The van der Waals surface area contributed by atoms with Crippen LogP contribution in [-0.2, 0) is 10.3 Å². The Morgan fingerprint density at radius 1 is 1.37 bits per heavy atom. The van der Waals surface area contributed by atoms with Crippen LogP contribution in [0.1, 0.15) is 32.8 Å². The minimum absolute atomic E-state index is 0.287. The highest BCUT2D eigenvalue weighted by atomic mass is 32.1. The van der Waals surface area contributed by atoms with E-state index in [0.717, 1.165) is 0 Å². The molecule has 1 atom stereocenters. The highest BCUT2D eigenvalue weighted by Crippen LogP contribution is 2.36. The highest BCUT2D eigenvalue weighted by Gasteiger charge is 2.39. The topological polar surface area (TPSA) is 47.3 Å². The summed E-state index contributed by atoms with van der Waals surface area (Å²) in [5.41, 5.74) is 5.82. The summed E-state index contributed by atoms with van der Waals surface area (Å²) in [5, 5.41) is 3.21. The van der Waals surface area contributed by atoms with E-state index in [4.69, 9.17) is 22.7 Å². The summed E-state index contributed by atoms with van der Waals surface area (Å²) in [6, 6.07) is 4.60. The number of nitrogens with two attached hydrogens (primary N) is 1. The van der Waals surface area contributed by atoms with E-state index in [2.05, 4.69) is 5.32 Å². The molecule has 1 aromatic carbocycles. The van der Waals surface area contributed by atoms with Crippen LogP contribution < -0.4 is 11.1 Å². The lowest BCUT2D eigenvalue weighted by atomic mass is 9.81. The number of halogens is 1. The van der Waals surface area contributed by atoms with E-state index in [1.807, 2.05) is 20.8 Å². The second-order valence-electron chi connectivity index (χ2n) is 5.84. The standard InChI is InChI=1S/C14H19FN2OS/c1-13(2)8-14(3,17-12(19)7-18-13)10-6-9(16)4-5-11(10)15/h4-6H,7-8,16H2,1-3H3,(H,17,19)/t14-/m0/s1. The van der Waals surface area contributed by atoms with Gasteiger partial charge < -0.3 is 15.8 Å². The summed E-state index contributed by atoms with van der Waals surface area (Å²) < 4.78 is 19.9. The largest absolute Gasteiger partial charge is 0.399 e. The molecule has 0 aliphatic carbocycles. The Bertz CT molecular complexity index is 518. The molecule has 3 nitrogen and oxygen atoms in total. The van der Waals surface area contributed by atoms with E-state index >= 15 is 0 Å². The summed E-state index contributed by atoms with van der Waals surface area (Å²) >= 11 is 5.23. The molecule has 1 saturated heterocycles. The lowest BCUT2D eigenvalue weighted by molar-refractivity contribution is -0.00902. The molecule has 3 N–H and O–H groups in total. The van der Waals surface area contributed by atoms with Gasteiger partial charge in [-0.1, -0.05) is 12.2 Å². The maximum absolute atomic E-state index is 14.1. The normalized spacial score (nSPS) is 26.6. The van der Waals surface area contributed by atoms with Crippen molar-refractivity contribution < 1.29 is 9.13 Å². The molecule has 1 aliphatic heterocycles. The number of hydrogen-bond donors (Lipinski definition) is 2. The number of rotatable bonds is 1. The van der Waals surface area contributed by atoms with E-state index in [-0.39, 0.29) is 11.4 Å². The maximum atomic E-state index is 14.1. The van der Waals surface area contributed by atoms with Gasteiger partial charge in [0.05, 0.1) is 17.7 Å². The highest BCUT2D eigenvalue weighted by molar-refractivity contribution is 7.80. The molecule has 0 radical (unpaired) electrons. The van der Waals surface area contributed by atoms with Crippen LogP contribution in [0.5, 0.6) is 0 Å². The molecular formula is C14H19FN2OS. The predicted octanol–water partition coefficient (Wildman–Crippen LogP) is 2.74. The van der Waals surface area contributed by atoms with Gasteiger partial charge in [0.1, 0.15) is 10.8 Å². The Labute approximate surface area is 118 Å². The van der Waals surface area contributed by atoms with Gasteiger partial charge >= 0.3 is 0 Å². The predicted molar refractivity (Wildman–Crippen MR) is 78.5 cm³/mol. The lowest BCUT2D eigenvalue weighted by Gasteiger charge is -2.35. The molecule has 104 valence electrons. The van der Waals surface area contributed by atoms with Gasteiger partial charge in [-0.3, -0.25) is 0 Å². The fourth-order valence-electron chi connectivity index (χ4n) is 2.68. The van der Waals surface area contributed by atoms with Crippen LogP contribution in [0.3, 0.4) is 0 Å². The fourth-order valence-corrected chi connectivity index (χ4v) is 2.96. The van der Waals surface area contributed by atoms with E-state index in [1.54, 1.807) is 12.1 Å². The number of ether oxygens (including phenoxy) is 1. The molecule has 5 heteroatoms. The summed E-state index contributed by atoms with van der Waals surface area (Å²) in [7, 11) is 0. The van der Waals surface area contributed by atoms with Gasteiger partial charge in [-0.05, 0) is 39.0 Å². The minimum atomic E-state index is -0.628. The van der Waals surface area contributed by atoms with E-state index in [0.29, 0.717) is 29.3 Å². The molecule has 0 spiro atoms. The van der Waals surface area contributed by atoms with Crippen molar-refractivity contribution in [3.63, 3.8) is 0 Å². The van der Waals surface area contributed by atoms with Gasteiger partial charge in [0.25, 0.3) is 0 Å². The van der Waals surface area contributed by atoms with E-state index in [9.17, 15) is 4.39 Å². The molecule has 1 aliphatic rings. The van der Waals surface area contributed by atoms with Gasteiger partial charge in [-0.15, -0.1) is 0 Å². The zero-order valence-corrected chi connectivity index (χ0v) is 12.2. The summed E-state index contributed by atoms with van der Waals surface area (Å²) in [6.07, 6.45) is 0.598. The number of hydrogen-bond acceptors (Lipinski definition) is 3. The average molecular weight is 282 g/mol. The number of anilines is 1. The molecule has 1 heterocycles. The molecule has 0 aromatic heterocycles. The van der Waals surface area contributed by atoms with Crippen molar-refractivity contribution in [3.8, 4) is 0 Å². The van der Waals surface area contributed by atoms with Crippen LogP contribution in [0, 0.1) is 5.82 Å². The van der Waals surface area contributed by atoms with Crippen molar-refractivity contribution in [3.05, 3.63) is 29.6 Å². The van der Waals surface area contributed by atoms with E-state index in [1.165, 1.54) is 6.07 Å². The number of thiocarbonyl (C=S) groups is 1. The van der Waals surface area contributed by atoms with Crippen LogP contribution >= 0.6 is 12.2 Å². The second-order valence-corrected chi connectivity index (χ2v) is 6.34. The van der Waals surface area contributed by atoms with Crippen molar-refractivity contribution in [2.24, 2.45) is 0 Å². The molecule has 0 unspecified atom stereocenters. The summed E-state index contributed by atoms with van der Waals surface area (Å²) in [6.45, 7) is 6.23. The third-order valence-corrected chi connectivity index (χ3v) is 3.59. The third kappa shape index (κ3) is 3.04. The Morgan fingerprint density at radius 3 is 2.74 bits per heavy atom. The van der Waals surface area contributed by atoms with Gasteiger partial charge in [0.2, 0.25) is 0 Å². The molecule has 0 bridgehead atoms. The first kappa shape index (κ1) is 14.2. The van der Waals surface area contributed by atoms with Crippen molar-refractivity contribution in [1.29, 1.82) is 0 Å². The van der Waals surface area contributed by atoms with Gasteiger partial charge in [-0.2, -0.15) is 0 Å². The molecule has 1 aromatic rings. The smallest absolute Gasteiger partial charge is 0.128 e. The zero-order chi connectivity index (χ0) is 14.3.